The predicted octanol–water partition coefficient (Wildman–Crippen LogP) is 13.2. The lowest BCUT2D eigenvalue weighted by Crippen LogP contribution is -2.12. The molecule has 0 bridgehead atoms. The van der Waals surface area contributed by atoms with Crippen molar-refractivity contribution >= 4 is 32.9 Å². The van der Waals surface area contributed by atoms with E-state index in [9.17, 15) is 0 Å². The average Bonchev–Trinajstić information content (AvgIpc) is 3.09. The highest BCUT2D eigenvalue weighted by atomic mass is 14.6. The lowest BCUT2D eigenvalue weighted by molar-refractivity contribution is 0.444. The largest absolute Gasteiger partial charge is 0.398 e. The molecule has 250 valence electrons. The standard InChI is InChI=1S/C46H56N2/c1-45(2,3)34-22-17-30(18-23-34)37-28-39-42(44(48)36-26-21-33(27-38(36)43(39)47)29-13-9-7-10-14-29)41(40(37)31-15-11-8-12-16-31)32-19-24-35(25-20-32)46(4,5)6/h17-29,31H,7-16,47-48H2,1-6H3. The highest BCUT2D eigenvalue weighted by Gasteiger charge is 2.28. The molecule has 4 N–H and O–H groups in total. The van der Waals surface area contributed by atoms with Crippen LogP contribution in [0.25, 0.3) is 43.8 Å². The van der Waals surface area contributed by atoms with Gasteiger partial charge in [-0.1, -0.05) is 141 Å². The van der Waals surface area contributed by atoms with Crippen molar-refractivity contribution in [1.82, 2.24) is 0 Å². The highest BCUT2D eigenvalue weighted by Crippen LogP contribution is 2.51. The molecular formula is C46H56N2. The molecule has 2 nitrogen and oxygen atoms in total. The Morgan fingerprint density at radius 1 is 0.500 bits per heavy atom. The predicted molar refractivity (Wildman–Crippen MR) is 210 cm³/mol. The number of nitrogens with two attached hydrogens (primary N) is 2. The van der Waals surface area contributed by atoms with Gasteiger partial charge in [-0.2, -0.15) is 0 Å². The van der Waals surface area contributed by atoms with Gasteiger partial charge in [0.2, 0.25) is 0 Å². The number of hydrogen-bond donors (Lipinski definition) is 2. The van der Waals surface area contributed by atoms with Crippen LogP contribution in [0.15, 0.2) is 72.8 Å². The molecule has 7 rings (SSSR count). The van der Waals surface area contributed by atoms with Crippen molar-refractivity contribution in [2.75, 3.05) is 11.5 Å². The van der Waals surface area contributed by atoms with Crippen LogP contribution in [-0.4, -0.2) is 0 Å². The fraction of sp³-hybridized carbons (Fsp3) is 0.435. The Morgan fingerprint density at radius 3 is 1.56 bits per heavy atom. The molecular weight excluding hydrogens is 581 g/mol. The first-order chi connectivity index (χ1) is 22.9. The normalized spacial score (nSPS) is 17.0. The first-order valence-electron chi connectivity index (χ1n) is 18.7. The second kappa shape index (κ2) is 12.6. The molecule has 0 aliphatic heterocycles. The molecule has 0 saturated heterocycles. The topological polar surface area (TPSA) is 52.0 Å². The summed E-state index contributed by atoms with van der Waals surface area (Å²) in [7, 11) is 0. The summed E-state index contributed by atoms with van der Waals surface area (Å²) >= 11 is 0. The number of anilines is 2. The van der Waals surface area contributed by atoms with Gasteiger partial charge in [-0.05, 0) is 105 Å². The molecule has 0 aromatic heterocycles. The van der Waals surface area contributed by atoms with Gasteiger partial charge in [0.15, 0.2) is 0 Å². The van der Waals surface area contributed by atoms with Gasteiger partial charge in [0, 0.05) is 32.9 Å². The number of hydrogen-bond acceptors (Lipinski definition) is 2. The van der Waals surface area contributed by atoms with Crippen LogP contribution < -0.4 is 11.5 Å². The van der Waals surface area contributed by atoms with Crippen molar-refractivity contribution < 1.29 is 0 Å². The van der Waals surface area contributed by atoms with Crippen molar-refractivity contribution in [3.8, 4) is 22.3 Å². The Balaban J connectivity index is 1.56. The monoisotopic (exact) mass is 636 g/mol. The summed E-state index contributed by atoms with van der Waals surface area (Å²) in [4.78, 5) is 0. The number of fused-ring (bicyclic) bond motifs is 2. The Bertz CT molecular complexity index is 1940. The molecule has 0 unspecified atom stereocenters. The van der Waals surface area contributed by atoms with Gasteiger partial charge in [-0.25, -0.2) is 0 Å². The molecule has 5 aromatic rings. The zero-order chi connectivity index (χ0) is 33.8. The van der Waals surface area contributed by atoms with Crippen LogP contribution in [0.5, 0.6) is 0 Å². The molecule has 0 spiro atoms. The van der Waals surface area contributed by atoms with Crippen molar-refractivity contribution in [3.63, 3.8) is 0 Å². The number of rotatable bonds is 4. The van der Waals surface area contributed by atoms with Crippen molar-refractivity contribution in [1.29, 1.82) is 0 Å². The summed E-state index contributed by atoms with van der Waals surface area (Å²) < 4.78 is 0. The minimum absolute atomic E-state index is 0.0825. The maximum atomic E-state index is 7.39. The smallest absolute Gasteiger partial charge is 0.0481 e. The van der Waals surface area contributed by atoms with Crippen LogP contribution in [0, 0.1) is 0 Å². The molecule has 2 fully saturated rings. The van der Waals surface area contributed by atoms with E-state index in [0.29, 0.717) is 11.8 Å². The lowest BCUT2D eigenvalue weighted by Gasteiger charge is -2.30. The molecule has 0 radical (unpaired) electrons. The first kappa shape index (κ1) is 32.8. The number of benzene rings is 5. The first-order valence-corrected chi connectivity index (χ1v) is 18.7. The highest BCUT2D eigenvalue weighted by molar-refractivity contribution is 6.23. The van der Waals surface area contributed by atoms with Crippen molar-refractivity contribution in [2.45, 2.75) is 128 Å². The van der Waals surface area contributed by atoms with E-state index < -0.39 is 0 Å². The van der Waals surface area contributed by atoms with E-state index in [4.69, 9.17) is 11.5 Å². The minimum Gasteiger partial charge on any atom is -0.398 e. The maximum absolute atomic E-state index is 7.39. The summed E-state index contributed by atoms with van der Waals surface area (Å²) in [5, 5.41) is 4.41. The summed E-state index contributed by atoms with van der Waals surface area (Å²) in [6, 6.07) is 28.1. The van der Waals surface area contributed by atoms with Crippen LogP contribution in [-0.2, 0) is 10.8 Å². The maximum Gasteiger partial charge on any atom is 0.0481 e. The van der Waals surface area contributed by atoms with Gasteiger partial charge in [-0.3, -0.25) is 0 Å². The third kappa shape index (κ3) is 6.01. The van der Waals surface area contributed by atoms with Crippen molar-refractivity contribution in [3.05, 3.63) is 95.1 Å². The molecule has 0 amide bonds. The van der Waals surface area contributed by atoms with E-state index in [1.165, 1.54) is 109 Å². The van der Waals surface area contributed by atoms with Crippen LogP contribution >= 0.6 is 0 Å². The van der Waals surface area contributed by atoms with Crippen LogP contribution in [0.1, 0.15) is 140 Å². The third-order valence-electron chi connectivity index (χ3n) is 11.7. The fourth-order valence-corrected chi connectivity index (χ4v) is 8.82. The number of nitrogen functional groups attached to an aromatic ring is 2. The molecule has 2 aliphatic carbocycles. The van der Waals surface area contributed by atoms with Gasteiger partial charge >= 0.3 is 0 Å². The van der Waals surface area contributed by atoms with Crippen LogP contribution in [0.3, 0.4) is 0 Å². The van der Waals surface area contributed by atoms with E-state index >= 15 is 0 Å². The zero-order valence-electron chi connectivity index (χ0n) is 30.3. The van der Waals surface area contributed by atoms with E-state index in [1.807, 2.05) is 0 Å². The SMILES string of the molecule is CC(C)(C)c1ccc(-c2cc3c(N)c4cc(C5CCCCC5)ccc4c(N)c3c(-c3ccc(C(C)(C)C)cc3)c2C2CCCCC2)cc1. The molecule has 2 saturated carbocycles. The van der Waals surface area contributed by atoms with E-state index in [0.717, 1.165) is 32.9 Å². The van der Waals surface area contributed by atoms with E-state index in [1.54, 1.807) is 0 Å². The molecule has 0 atom stereocenters. The minimum atomic E-state index is 0.0825. The van der Waals surface area contributed by atoms with Gasteiger partial charge in [0.1, 0.15) is 0 Å². The van der Waals surface area contributed by atoms with Gasteiger partial charge in [0.25, 0.3) is 0 Å². The zero-order valence-corrected chi connectivity index (χ0v) is 30.3. The summed E-state index contributed by atoms with van der Waals surface area (Å²) in [5.41, 5.74) is 27.3. The van der Waals surface area contributed by atoms with Crippen LogP contribution in [0.4, 0.5) is 11.4 Å². The Morgan fingerprint density at radius 2 is 1.02 bits per heavy atom. The van der Waals surface area contributed by atoms with Gasteiger partial charge in [0.05, 0.1) is 0 Å². The van der Waals surface area contributed by atoms with Crippen LogP contribution in [0.2, 0.25) is 0 Å². The van der Waals surface area contributed by atoms with Crippen molar-refractivity contribution in [2.24, 2.45) is 0 Å². The fourth-order valence-electron chi connectivity index (χ4n) is 8.82. The molecule has 5 aromatic carbocycles. The third-order valence-corrected chi connectivity index (χ3v) is 11.7. The Hall–Kier alpha value is -3.78. The van der Waals surface area contributed by atoms with Gasteiger partial charge in [-0.15, -0.1) is 0 Å². The Kier molecular flexibility index (Phi) is 8.59. The lowest BCUT2D eigenvalue weighted by atomic mass is 9.74. The summed E-state index contributed by atoms with van der Waals surface area (Å²) in [5.74, 6) is 1.09. The molecule has 0 heterocycles. The van der Waals surface area contributed by atoms with Gasteiger partial charge < -0.3 is 11.5 Å². The van der Waals surface area contributed by atoms with E-state index in [-0.39, 0.29) is 10.8 Å². The molecule has 2 heteroatoms. The second-order valence-electron chi connectivity index (χ2n) is 17.1. The quantitative estimate of drug-likeness (QED) is 0.117. The van der Waals surface area contributed by atoms with E-state index in [2.05, 4.69) is 114 Å². The average molecular weight is 637 g/mol. The molecule has 48 heavy (non-hydrogen) atoms. The summed E-state index contributed by atoms with van der Waals surface area (Å²) in [6.07, 6.45) is 12.8. The second-order valence-corrected chi connectivity index (χ2v) is 17.1. The molecule has 2 aliphatic rings. The summed E-state index contributed by atoms with van der Waals surface area (Å²) in [6.45, 7) is 13.8. The Labute approximate surface area is 289 Å².